The topological polar surface area (TPSA) is 138 Å². The molecule has 3 aromatic rings. The Morgan fingerprint density at radius 3 is 2.68 bits per heavy atom. The van der Waals surface area contributed by atoms with E-state index < -0.39 is 4.92 Å². The number of nitrogens with zero attached hydrogens (tertiary/aromatic N) is 6. The molecule has 0 radical (unpaired) electrons. The van der Waals surface area contributed by atoms with E-state index in [1.807, 2.05) is 0 Å². The highest BCUT2D eigenvalue weighted by atomic mass is 16.6. The lowest BCUT2D eigenvalue weighted by Gasteiger charge is -1.96. The Morgan fingerprint density at radius 1 is 1.27 bits per heavy atom. The van der Waals surface area contributed by atoms with E-state index in [0.29, 0.717) is 17.1 Å². The standard InChI is InChI=1S/C12H9N7O3/c13-12-15-16-17-18(12)14-7-10-5-6-11(22-10)8-1-3-9(4-2-8)19(20)21/h1-7H,(H2,13,15,17). The Bertz CT molecular complexity index is 835. The number of nitro benzene ring substituents is 1. The summed E-state index contributed by atoms with van der Waals surface area (Å²) >= 11 is 0. The second-order valence-corrected chi connectivity index (χ2v) is 4.18. The molecule has 110 valence electrons. The molecule has 2 N–H and O–H groups in total. The molecule has 0 spiro atoms. The van der Waals surface area contributed by atoms with Crippen LogP contribution in [0.4, 0.5) is 11.6 Å². The van der Waals surface area contributed by atoms with Gasteiger partial charge in [-0.3, -0.25) is 10.1 Å². The number of anilines is 1. The Labute approximate surface area is 123 Å². The lowest BCUT2D eigenvalue weighted by molar-refractivity contribution is -0.384. The largest absolute Gasteiger partial charge is 0.455 e. The highest BCUT2D eigenvalue weighted by Gasteiger charge is 2.08. The van der Waals surface area contributed by atoms with Crippen LogP contribution < -0.4 is 5.73 Å². The van der Waals surface area contributed by atoms with Crippen LogP contribution in [0.25, 0.3) is 11.3 Å². The van der Waals surface area contributed by atoms with Crippen molar-refractivity contribution < 1.29 is 9.34 Å². The van der Waals surface area contributed by atoms with Gasteiger partial charge in [0.1, 0.15) is 11.5 Å². The molecule has 10 heteroatoms. The normalized spacial score (nSPS) is 11.1. The van der Waals surface area contributed by atoms with Gasteiger partial charge in [0.05, 0.1) is 11.1 Å². The number of hydrogen-bond acceptors (Lipinski definition) is 8. The molecule has 3 rings (SSSR count). The van der Waals surface area contributed by atoms with Crippen LogP contribution in [-0.4, -0.2) is 31.5 Å². The fourth-order valence-electron chi connectivity index (χ4n) is 1.71. The van der Waals surface area contributed by atoms with Crippen molar-refractivity contribution in [3.63, 3.8) is 0 Å². The Balaban J connectivity index is 1.80. The number of rotatable bonds is 4. The molecule has 0 unspecified atom stereocenters. The SMILES string of the molecule is Nc1nnnn1N=Cc1ccc(-c2ccc([N+](=O)[O-])cc2)o1. The second kappa shape index (κ2) is 5.44. The van der Waals surface area contributed by atoms with Gasteiger partial charge in [0.2, 0.25) is 0 Å². The van der Waals surface area contributed by atoms with Crippen molar-refractivity contribution in [1.29, 1.82) is 0 Å². The molecule has 0 aliphatic carbocycles. The number of benzene rings is 1. The van der Waals surface area contributed by atoms with E-state index in [1.165, 1.54) is 18.3 Å². The summed E-state index contributed by atoms with van der Waals surface area (Å²) in [5.41, 5.74) is 6.20. The number of nitrogen functional groups attached to an aromatic ring is 1. The fraction of sp³-hybridized carbons (Fsp3) is 0. The average Bonchev–Trinajstić information content (AvgIpc) is 3.14. The molecular formula is C12H9N7O3. The summed E-state index contributed by atoms with van der Waals surface area (Å²) in [6.45, 7) is 0. The number of non-ortho nitro benzene ring substituents is 1. The first kappa shape index (κ1) is 13.4. The van der Waals surface area contributed by atoms with Gasteiger partial charge >= 0.3 is 0 Å². The van der Waals surface area contributed by atoms with E-state index in [0.717, 1.165) is 4.79 Å². The van der Waals surface area contributed by atoms with E-state index in [9.17, 15) is 10.1 Å². The number of nitro groups is 1. The summed E-state index contributed by atoms with van der Waals surface area (Å²) in [6, 6.07) is 9.46. The van der Waals surface area contributed by atoms with Crippen molar-refractivity contribution in [2.45, 2.75) is 0 Å². The highest BCUT2D eigenvalue weighted by molar-refractivity contribution is 5.77. The molecule has 2 heterocycles. The molecule has 1 aromatic carbocycles. The van der Waals surface area contributed by atoms with Crippen molar-refractivity contribution in [2.24, 2.45) is 5.10 Å². The monoisotopic (exact) mass is 299 g/mol. The quantitative estimate of drug-likeness (QED) is 0.435. The maximum Gasteiger partial charge on any atom is 0.269 e. The number of tetrazole rings is 1. The molecule has 0 fully saturated rings. The molecule has 0 saturated heterocycles. The van der Waals surface area contributed by atoms with E-state index in [4.69, 9.17) is 10.2 Å². The zero-order valence-electron chi connectivity index (χ0n) is 11.0. The molecule has 2 aromatic heterocycles. The summed E-state index contributed by atoms with van der Waals surface area (Å²) in [5.74, 6) is 1.07. The summed E-state index contributed by atoms with van der Waals surface area (Å²) in [7, 11) is 0. The van der Waals surface area contributed by atoms with Crippen LogP contribution in [0.3, 0.4) is 0 Å². The molecule has 0 atom stereocenters. The van der Waals surface area contributed by atoms with Crippen LogP contribution in [0, 0.1) is 10.1 Å². The first-order chi connectivity index (χ1) is 10.6. The number of furan rings is 1. The predicted molar refractivity (Wildman–Crippen MR) is 76.0 cm³/mol. The summed E-state index contributed by atoms with van der Waals surface area (Å²) in [4.78, 5) is 11.2. The van der Waals surface area contributed by atoms with Gasteiger partial charge in [-0.2, -0.15) is 5.10 Å². The van der Waals surface area contributed by atoms with Gasteiger partial charge < -0.3 is 10.2 Å². The maximum absolute atomic E-state index is 10.6. The Kier molecular flexibility index (Phi) is 3.32. The van der Waals surface area contributed by atoms with Gasteiger partial charge in [-0.25, -0.2) is 0 Å². The summed E-state index contributed by atoms with van der Waals surface area (Å²) in [6.07, 6.45) is 1.40. The highest BCUT2D eigenvalue weighted by Crippen LogP contribution is 2.24. The average molecular weight is 299 g/mol. The van der Waals surface area contributed by atoms with Gasteiger partial charge in [0, 0.05) is 17.7 Å². The van der Waals surface area contributed by atoms with Crippen LogP contribution in [0.15, 0.2) is 45.9 Å². The molecule has 0 aliphatic heterocycles. The van der Waals surface area contributed by atoms with E-state index in [-0.39, 0.29) is 11.6 Å². The number of aromatic nitrogens is 4. The molecule has 0 amide bonds. The smallest absolute Gasteiger partial charge is 0.269 e. The molecule has 22 heavy (non-hydrogen) atoms. The van der Waals surface area contributed by atoms with Gasteiger partial charge in [0.15, 0.2) is 0 Å². The van der Waals surface area contributed by atoms with Crippen molar-refractivity contribution in [3.8, 4) is 11.3 Å². The summed E-state index contributed by atoms with van der Waals surface area (Å²) in [5, 5.41) is 24.9. The van der Waals surface area contributed by atoms with Gasteiger partial charge in [-0.05, 0) is 34.7 Å². The Hall–Kier alpha value is -3.56. The summed E-state index contributed by atoms with van der Waals surface area (Å²) < 4.78 is 5.57. The third kappa shape index (κ3) is 2.65. The zero-order chi connectivity index (χ0) is 15.5. The predicted octanol–water partition coefficient (Wildman–Crippen LogP) is 1.31. The number of hydrogen-bond donors (Lipinski definition) is 1. The Morgan fingerprint density at radius 2 is 2.05 bits per heavy atom. The van der Waals surface area contributed by atoms with Crippen molar-refractivity contribution in [3.05, 3.63) is 52.3 Å². The fourth-order valence-corrected chi connectivity index (χ4v) is 1.71. The van der Waals surface area contributed by atoms with Crippen molar-refractivity contribution in [2.75, 3.05) is 5.73 Å². The third-order valence-electron chi connectivity index (χ3n) is 2.76. The van der Waals surface area contributed by atoms with E-state index in [1.54, 1.807) is 24.3 Å². The second-order valence-electron chi connectivity index (χ2n) is 4.18. The van der Waals surface area contributed by atoms with Crippen LogP contribution in [0.5, 0.6) is 0 Å². The van der Waals surface area contributed by atoms with Crippen LogP contribution in [-0.2, 0) is 0 Å². The van der Waals surface area contributed by atoms with Gasteiger partial charge in [-0.15, -0.1) is 0 Å². The molecule has 0 aliphatic rings. The van der Waals surface area contributed by atoms with Gasteiger partial charge in [0.25, 0.3) is 11.6 Å². The van der Waals surface area contributed by atoms with Crippen LogP contribution >= 0.6 is 0 Å². The maximum atomic E-state index is 10.6. The third-order valence-corrected chi connectivity index (χ3v) is 2.76. The molecule has 0 bridgehead atoms. The van der Waals surface area contributed by atoms with E-state index >= 15 is 0 Å². The molecular weight excluding hydrogens is 290 g/mol. The minimum absolute atomic E-state index is 0.0197. The lowest BCUT2D eigenvalue weighted by Crippen LogP contribution is -1.99. The van der Waals surface area contributed by atoms with Crippen molar-refractivity contribution >= 4 is 17.9 Å². The molecule has 0 saturated carbocycles. The minimum Gasteiger partial charge on any atom is -0.455 e. The zero-order valence-corrected chi connectivity index (χ0v) is 11.0. The number of nitrogens with two attached hydrogens (primary N) is 1. The first-order valence-electron chi connectivity index (χ1n) is 6.06. The minimum atomic E-state index is -0.458. The van der Waals surface area contributed by atoms with Crippen LogP contribution in [0.1, 0.15) is 5.76 Å². The van der Waals surface area contributed by atoms with Crippen LogP contribution in [0.2, 0.25) is 0 Å². The lowest BCUT2D eigenvalue weighted by atomic mass is 10.1. The van der Waals surface area contributed by atoms with E-state index in [2.05, 4.69) is 20.6 Å². The first-order valence-corrected chi connectivity index (χ1v) is 6.06. The molecule has 10 nitrogen and oxygen atoms in total. The van der Waals surface area contributed by atoms with Gasteiger partial charge in [-0.1, -0.05) is 9.89 Å². The van der Waals surface area contributed by atoms with Crippen molar-refractivity contribution in [1.82, 2.24) is 20.3 Å².